The summed E-state index contributed by atoms with van der Waals surface area (Å²) in [6.45, 7) is -5.87. The maximum absolute atomic E-state index is 9.82. The SMILES string of the molecule is [2H]C([2H])([2H])C([2H])(C([2H])([2H])[2H])C([2H])(O)C([2H])([2H])CC. The molecule has 1 N–H and O–H groups in total. The highest BCUT2D eigenvalue weighted by molar-refractivity contribution is 4.57. The van der Waals surface area contributed by atoms with Gasteiger partial charge in [-0.3, -0.25) is 0 Å². The van der Waals surface area contributed by atoms with E-state index < -0.39 is 38.5 Å². The van der Waals surface area contributed by atoms with E-state index in [2.05, 4.69) is 0 Å². The summed E-state index contributed by atoms with van der Waals surface area (Å²) in [6.07, 6.45) is -6.96. The lowest BCUT2D eigenvalue weighted by molar-refractivity contribution is 0.115. The van der Waals surface area contributed by atoms with Crippen LogP contribution in [0.1, 0.15) is 47.1 Å². The Balaban J connectivity index is 6.10. The van der Waals surface area contributed by atoms with E-state index in [1.807, 2.05) is 0 Å². The van der Waals surface area contributed by atoms with Crippen molar-refractivity contribution in [2.24, 2.45) is 5.89 Å². The molecule has 0 rings (SSSR count). The van der Waals surface area contributed by atoms with Crippen molar-refractivity contribution in [3.8, 4) is 0 Å². The fourth-order valence-corrected chi connectivity index (χ4v) is 0.256. The lowest BCUT2D eigenvalue weighted by Gasteiger charge is -2.11. The van der Waals surface area contributed by atoms with Crippen LogP contribution in [0.25, 0.3) is 0 Å². The van der Waals surface area contributed by atoms with Crippen molar-refractivity contribution < 1.29 is 18.8 Å². The quantitative estimate of drug-likeness (QED) is 0.611. The van der Waals surface area contributed by atoms with E-state index in [1.54, 1.807) is 0 Å². The first kappa shape index (κ1) is 1.34. The summed E-state index contributed by atoms with van der Waals surface area (Å²) in [5.41, 5.74) is 0. The van der Waals surface area contributed by atoms with Crippen LogP contribution in [0.5, 0.6) is 0 Å². The number of aliphatic hydroxyl groups is 1. The molecule has 0 aromatic carbocycles. The fourth-order valence-electron chi connectivity index (χ4n) is 0.256. The molecule has 0 aromatic rings. The molecular weight excluding hydrogens is 100 g/mol. The summed E-state index contributed by atoms with van der Waals surface area (Å²) in [6, 6.07) is 0. The second kappa shape index (κ2) is 3.90. The third-order valence-electron chi connectivity index (χ3n) is 0.581. The molecule has 1 heteroatoms. The number of hydrogen-bond donors (Lipinski definition) is 1. The normalized spacial score (nSPS) is 43.2. The third-order valence-corrected chi connectivity index (χ3v) is 0.581. The van der Waals surface area contributed by atoms with Gasteiger partial charge >= 0.3 is 0 Å². The maximum Gasteiger partial charge on any atom is 0.0603 e. The molecule has 0 bridgehead atoms. The Morgan fingerprint density at radius 3 is 2.88 bits per heavy atom. The van der Waals surface area contributed by atoms with Gasteiger partial charge in [0, 0.05) is 12.3 Å². The molecule has 8 heavy (non-hydrogen) atoms. The van der Waals surface area contributed by atoms with Gasteiger partial charge in [-0.1, -0.05) is 27.0 Å². The Morgan fingerprint density at radius 1 is 1.88 bits per heavy atom. The minimum atomic E-state index is -3.65. The van der Waals surface area contributed by atoms with Crippen LogP contribution >= 0.6 is 0 Å². The van der Waals surface area contributed by atoms with Crippen LogP contribution in [-0.4, -0.2) is 11.2 Å². The molecule has 0 saturated heterocycles. The van der Waals surface area contributed by atoms with Gasteiger partial charge in [0.15, 0.2) is 0 Å². The van der Waals surface area contributed by atoms with Crippen LogP contribution in [0, 0.1) is 5.89 Å². The average molecular weight is 126 g/mol. The van der Waals surface area contributed by atoms with Crippen LogP contribution in [0.15, 0.2) is 0 Å². The van der Waals surface area contributed by atoms with Gasteiger partial charge in [0.1, 0.15) is 0 Å². The van der Waals surface area contributed by atoms with E-state index in [1.165, 1.54) is 6.92 Å². The van der Waals surface area contributed by atoms with Gasteiger partial charge in [-0.15, -0.1) is 0 Å². The first-order chi connectivity index (χ1) is 7.56. The van der Waals surface area contributed by atoms with Crippen molar-refractivity contribution in [1.29, 1.82) is 0 Å². The Bertz CT molecular complexity index is 286. The largest absolute Gasteiger partial charge is 0.393 e. The van der Waals surface area contributed by atoms with Gasteiger partial charge in [-0.05, 0) is 12.3 Å². The van der Waals surface area contributed by atoms with Crippen molar-refractivity contribution in [2.75, 3.05) is 0 Å². The van der Waals surface area contributed by atoms with Crippen molar-refractivity contribution >= 4 is 0 Å². The predicted octanol–water partition coefficient (Wildman–Crippen LogP) is 1.80. The lowest BCUT2D eigenvalue weighted by Crippen LogP contribution is -2.13. The molecule has 0 heterocycles. The average Bonchev–Trinajstić information content (AvgIpc) is 2.12. The highest BCUT2D eigenvalue weighted by Gasteiger charge is 2.05. The smallest absolute Gasteiger partial charge is 0.0603 e. The minimum Gasteiger partial charge on any atom is -0.393 e. The summed E-state index contributed by atoms with van der Waals surface area (Å²) < 4.78 is 72.4. The lowest BCUT2D eigenvalue weighted by atomic mass is 10.0. The molecule has 0 aliphatic rings. The first-order valence-corrected chi connectivity index (χ1v) is 2.28. The molecule has 1 nitrogen and oxygen atoms in total. The summed E-state index contributed by atoms with van der Waals surface area (Å²) in [4.78, 5) is 0. The molecule has 0 fully saturated rings. The van der Waals surface area contributed by atoms with Gasteiger partial charge in [-0.2, -0.15) is 0 Å². The predicted molar refractivity (Wildman–Crippen MR) is 35.8 cm³/mol. The van der Waals surface area contributed by atoms with Gasteiger partial charge in [0.05, 0.1) is 7.45 Å². The van der Waals surface area contributed by atoms with Crippen molar-refractivity contribution in [3.63, 3.8) is 0 Å². The maximum atomic E-state index is 9.82. The molecular formula is C7H16O. The van der Waals surface area contributed by atoms with Crippen LogP contribution < -0.4 is 0 Å². The highest BCUT2D eigenvalue weighted by atomic mass is 16.3. The Hall–Kier alpha value is -0.0400. The van der Waals surface area contributed by atoms with E-state index >= 15 is 0 Å². The fraction of sp³-hybridized carbons (Fsp3) is 1.00. The highest BCUT2D eigenvalue weighted by Crippen LogP contribution is 2.06. The van der Waals surface area contributed by atoms with Gasteiger partial charge in [0.2, 0.25) is 0 Å². The molecule has 0 aromatic heterocycles. The van der Waals surface area contributed by atoms with Crippen molar-refractivity contribution in [3.05, 3.63) is 0 Å². The Labute approximate surface area is 65.8 Å². The Kier molecular flexibility index (Phi) is 0.654. The Morgan fingerprint density at radius 2 is 2.50 bits per heavy atom. The molecule has 0 saturated carbocycles. The zero-order valence-electron chi connectivity index (χ0n) is 14.7. The molecule has 0 aliphatic heterocycles. The zero-order chi connectivity index (χ0) is 15.2. The van der Waals surface area contributed by atoms with Crippen LogP contribution in [-0.2, 0) is 0 Å². The number of hydrogen-bond acceptors (Lipinski definition) is 1. The molecule has 1 atom stereocenters. The zero-order valence-corrected chi connectivity index (χ0v) is 4.65. The standard InChI is InChI=1S/C7H16O/c1-4-5-7(8)6(2)3/h6-8H,4-5H2,1-3H3/i2D3,3D3,5D2,6D,7D. The van der Waals surface area contributed by atoms with E-state index in [9.17, 15) is 5.11 Å². The van der Waals surface area contributed by atoms with Gasteiger partial charge < -0.3 is 5.11 Å². The molecule has 0 spiro atoms. The summed E-state index contributed by atoms with van der Waals surface area (Å²) >= 11 is 0. The molecule has 0 aliphatic carbocycles. The molecule has 0 amide bonds. The first-order valence-electron chi connectivity index (χ1n) is 7.28. The monoisotopic (exact) mass is 126 g/mol. The number of rotatable bonds is 3. The van der Waals surface area contributed by atoms with Gasteiger partial charge in [-0.25, -0.2) is 0 Å². The van der Waals surface area contributed by atoms with Crippen molar-refractivity contribution in [2.45, 2.75) is 39.5 Å². The third kappa shape index (κ3) is 3.03. The van der Waals surface area contributed by atoms with E-state index in [0.717, 1.165) is 0 Å². The van der Waals surface area contributed by atoms with E-state index in [-0.39, 0.29) is 0 Å². The van der Waals surface area contributed by atoms with Crippen LogP contribution in [0.3, 0.4) is 0 Å². The van der Waals surface area contributed by atoms with Crippen LogP contribution in [0.2, 0.25) is 0 Å². The van der Waals surface area contributed by atoms with Crippen molar-refractivity contribution in [1.82, 2.24) is 0 Å². The van der Waals surface area contributed by atoms with E-state index in [4.69, 9.17) is 13.7 Å². The summed E-state index contributed by atoms with van der Waals surface area (Å²) in [5, 5.41) is 9.82. The molecule has 0 radical (unpaired) electrons. The minimum absolute atomic E-state index is 0.500. The topological polar surface area (TPSA) is 20.2 Å². The van der Waals surface area contributed by atoms with Crippen LogP contribution in [0.4, 0.5) is 0 Å². The second-order valence-corrected chi connectivity index (χ2v) is 1.25. The van der Waals surface area contributed by atoms with Gasteiger partial charge in [0.25, 0.3) is 0 Å². The summed E-state index contributed by atoms with van der Waals surface area (Å²) in [7, 11) is 0. The van der Waals surface area contributed by atoms with E-state index in [0.29, 0.717) is 0 Å². The molecule has 50 valence electrons. The summed E-state index contributed by atoms with van der Waals surface area (Å²) in [5.74, 6) is -3.65. The second-order valence-electron chi connectivity index (χ2n) is 1.25. The molecule has 1 unspecified atom stereocenters.